The van der Waals surface area contributed by atoms with Crippen LogP contribution in [0.25, 0.3) is 0 Å². The molecule has 0 aliphatic carbocycles. The quantitative estimate of drug-likeness (QED) is 0.825. The predicted octanol–water partition coefficient (Wildman–Crippen LogP) is 3.92. The average Bonchev–Trinajstić information content (AvgIpc) is 2.64. The van der Waals surface area contributed by atoms with Gasteiger partial charge in [0.15, 0.2) is 0 Å². The molecule has 0 unspecified atom stereocenters. The fourth-order valence-corrected chi connectivity index (χ4v) is 1.93. The maximum Gasteiger partial charge on any atom is 0.128 e. The van der Waals surface area contributed by atoms with E-state index in [9.17, 15) is 5.11 Å². The lowest BCUT2D eigenvalue weighted by molar-refractivity contribution is 0.445. The molecule has 2 rings (SSSR count). The summed E-state index contributed by atoms with van der Waals surface area (Å²) in [6.07, 6.45) is 13.0. The molecule has 0 radical (unpaired) electrons. The first-order valence-corrected chi connectivity index (χ1v) is 6.65. The number of para-hydroxylation sites is 1. The molecule has 3 nitrogen and oxygen atoms in total. The van der Waals surface area contributed by atoms with Gasteiger partial charge in [-0.2, -0.15) is 5.10 Å². The van der Waals surface area contributed by atoms with Crippen molar-refractivity contribution in [2.75, 3.05) is 0 Å². The van der Waals surface area contributed by atoms with Crippen molar-refractivity contribution in [3.05, 3.63) is 66.0 Å². The van der Waals surface area contributed by atoms with Gasteiger partial charge in [0, 0.05) is 18.0 Å². The molecular formula is C17H20N2O. The van der Waals surface area contributed by atoms with Crippen LogP contribution < -0.4 is 0 Å². The van der Waals surface area contributed by atoms with E-state index in [1.807, 2.05) is 54.9 Å². The van der Waals surface area contributed by atoms with Crippen molar-refractivity contribution in [1.82, 2.24) is 5.01 Å². The van der Waals surface area contributed by atoms with E-state index in [2.05, 4.69) is 25.9 Å². The molecule has 0 amide bonds. The van der Waals surface area contributed by atoms with Crippen molar-refractivity contribution in [2.24, 2.45) is 5.10 Å². The Balaban J connectivity index is 2.26. The van der Waals surface area contributed by atoms with Gasteiger partial charge in [0.25, 0.3) is 0 Å². The van der Waals surface area contributed by atoms with E-state index >= 15 is 0 Å². The minimum absolute atomic E-state index is 0.0970. The van der Waals surface area contributed by atoms with Gasteiger partial charge in [-0.25, -0.2) is 5.01 Å². The zero-order chi connectivity index (χ0) is 14.6. The Labute approximate surface area is 120 Å². The highest BCUT2D eigenvalue weighted by atomic mass is 16.3. The summed E-state index contributed by atoms with van der Waals surface area (Å²) in [5.41, 5.74) is 1.54. The third kappa shape index (κ3) is 3.38. The summed E-state index contributed by atoms with van der Waals surface area (Å²) >= 11 is 0. The molecule has 0 aromatic heterocycles. The minimum Gasteiger partial charge on any atom is -0.507 e. The van der Waals surface area contributed by atoms with Gasteiger partial charge in [0.05, 0.1) is 6.21 Å². The third-order valence-electron chi connectivity index (χ3n) is 3.02. The molecule has 1 N–H and O–H groups in total. The highest BCUT2D eigenvalue weighted by Gasteiger charge is 2.19. The number of nitrogens with zero attached hydrogens (tertiary/aromatic N) is 2. The number of rotatable bonds is 2. The summed E-state index contributed by atoms with van der Waals surface area (Å²) in [7, 11) is 0. The van der Waals surface area contributed by atoms with Crippen LogP contribution in [0, 0.1) is 0 Å². The van der Waals surface area contributed by atoms with Gasteiger partial charge in [-0.1, -0.05) is 45.1 Å². The lowest BCUT2D eigenvalue weighted by Gasteiger charge is -2.21. The second kappa shape index (κ2) is 5.78. The lowest BCUT2D eigenvalue weighted by atomic mass is 9.85. The minimum atomic E-state index is -0.0970. The van der Waals surface area contributed by atoms with Crippen molar-refractivity contribution in [2.45, 2.75) is 26.2 Å². The average molecular weight is 268 g/mol. The first-order valence-electron chi connectivity index (χ1n) is 6.65. The zero-order valence-corrected chi connectivity index (χ0v) is 12.1. The van der Waals surface area contributed by atoms with E-state index < -0.39 is 0 Å². The Hall–Kier alpha value is -2.29. The van der Waals surface area contributed by atoms with Crippen LogP contribution in [0.1, 0.15) is 31.9 Å². The molecular weight excluding hydrogens is 248 g/mol. The van der Waals surface area contributed by atoms with Gasteiger partial charge < -0.3 is 5.11 Å². The second-order valence-electron chi connectivity index (χ2n) is 5.69. The van der Waals surface area contributed by atoms with Crippen LogP contribution in [0.3, 0.4) is 0 Å². The monoisotopic (exact) mass is 268 g/mol. The van der Waals surface area contributed by atoms with E-state index in [1.54, 1.807) is 11.2 Å². The Bertz CT molecular complexity index is 573. The summed E-state index contributed by atoms with van der Waals surface area (Å²) in [5, 5.41) is 16.4. The smallest absolute Gasteiger partial charge is 0.128 e. The molecule has 1 heterocycles. The molecule has 1 aromatic rings. The fraction of sp³-hybridized carbons (Fsp3) is 0.235. The molecule has 0 spiro atoms. The number of hydrazone groups is 1. The highest BCUT2D eigenvalue weighted by molar-refractivity contribution is 5.84. The van der Waals surface area contributed by atoms with E-state index in [1.165, 1.54) is 0 Å². The van der Waals surface area contributed by atoms with Gasteiger partial charge in [-0.05, 0) is 29.2 Å². The number of phenolic OH excluding ortho intramolecular Hbond substituents is 1. The number of allylic oxidation sites excluding steroid dienone is 4. The molecule has 3 heteroatoms. The van der Waals surface area contributed by atoms with E-state index in [0.29, 0.717) is 5.75 Å². The van der Waals surface area contributed by atoms with Crippen molar-refractivity contribution in [1.29, 1.82) is 0 Å². The van der Waals surface area contributed by atoms with Crippen LogP contribution in [0.5, 0.6) is 5.75 Å². The van der Waals surface area contributed by atoms with Crippen LogP contribution >= 0.6 is 0 Å². The van der Waals surface area contributed by atoms with Crippen LogP contribution in [-0.2, 0) is 5.41 Å². The number of hydrogen-bond donors (Lipinski definition) is 1. The Kier molecular flexibility index (Phi) is 4.08. The van der Waals surface area contributed by atoms with Gasteiger partial charge in [-0.15, -0.1) is 0 Å². The lowest BCUT2D eigenvalue weighted by Crippen LogP contribution is -2.12. The van der Waals surface area contributed by atoms with Crippen LogP contribution in [0.4, 0.5) is 0 Å². The normalized spacial score (nSPS) is 15.1. The summed E-state index contributed by atoms with van der Waals surface area (Å²) in [6, 6.07) is 5.75. The Morgan fingerprint density at radius 2 is 1.70 bits per heavy atom. The fourth-order valence-electron chi connectivity index (χ4n) is 1.93. The van der Waals surface area contributed by atoms with Gasteiger partial charge in [-0.3, -0.25) is 0 Å². The number of aromatic hydroxyl groups is 1. The first-order chi connectivity index (χ1) is 9.48. The number of hydrogen-bond acceptors (Lipinski definition) is 3. The molecule has 0 fully saturated rings. The van der Waals surface area contributed by atoms with E-state index in [0.717, 1.165) is 11.1 Å². The maximum atomic E-state index is 10.4. The summed E-state index contributed by atoms with van der Waals surface area (Å²) in [5.74, 6) is 0.296. The van der Waals surface area contributed by atoms with Gasteiger partial charge in [0.2, 0.25) is 0 Å². The summed E-state index contributed by atoms with van der Waals surface area (Å²) < 4.78 is 0. The SMILES string of the molecule is CC(C)(C)c1cccc(C=NN2C=CC=CC=C2)c1O. The molecule has 0 atom stereocenters. The third-order valence-corrected chi connectivity index (χ3v) is 3.02. The molecule has 1 aliphatic rings. The Morgan fingerprint density at radius 1 is 1.05 bits per heavy atom. The Morgan fingerprint density at radius 3 is 2.30 bits per heavy atom. The van der Waals surface area contributed by atoms with Crippen LogP contribution in [0.2, 0.25) is 0 Å². The van der Waals surface area contributed by atoms with E-state index in [-0.39, 0.29) is 5.41 Å². The van der Waals surface area contributed by atoms with Gasteiger partial charge >= 0.3 is 0 Å². The molecule has 104 valence electrons. The van der Waals surface area contributed by atoms with Crippen molar-refractivity contribution >= 4 is 6.21 Å². The van der Waals surface area contributed by atoms with Gasteiger partial charge in [0.1, 0.15) is 5.75 Å². The van der Waals surface area contributed by atoms with Crippen molar-refractivity contribution in [3.8, 4) is 5.75 Å². The van der Waals surface area contributed by atoms with E-state index in [4.69, 9.17) is 0 Å². The largest absolute Gasteiger partial charge is 0.507 e. The second-order valence-corrected chi connectivity index (χ2v) is 5.69. The zero-order valence-electron chi connectivity index (χ0n) is 12.1. The highest BCUT2D eigenvalue weighted by Crippen LogP contribution is 2.32. The number of benzene rings is 1. The molecule has 0 bridgehead atoms. The molecule has 0 saturated heterocycles. The van der Waals surface area contributed by atoms with Crippen molar-refractivity contribution < 1.29 is 5.11 Å². The molecule has 20 heavy (non-hydrogen) atoms. The molecule has 1 aromatic carbocycles. The van der Waals surface area contributed by atoms with Crippen LogP contribution in [-0.4, -0.2) is 16.3 Å². The molecule has 1 aliphatic heterocycles. The van der Waals surface area contributed by atoms with Crippen LogP contribution in [0.15, 0.2) is 60.0 Å². The summed E-state index contributed by atoms with van der Waals surface area (Å²) in [4.78, 5) is 0. The maximum absolute atomic E-state index is 10.4. The van der Waals surface area contributed by atoms with Crippen molar-refractivity contribution in [3.63, 3.8) is 0 Å². The standard InChI is InChI=1S/C17H20N2O/c1-17(2,3)15-10-8-9-14(16(15)20)13-18-19-11-6-4-5-7-12-19/h4-13,20H,1-3H3. The first kappa shape index (κ1) is 14.1. The summed E-state index contributed by atoms with van der Waals surface area (Å²) in [6.45, 7) is 6.23. The predicted molar refractivity (Wildman–Crippen MR) is 83.7 cm³/mol. The molecule has 0 saturated carbocycles. The number of phenols is 1. The topological polar surface area (TPSA) is 35.8 Å².